The third-order valence-corrected chi connectivity index (χ3v) is 4.94. The lowest BCUT2D eigenvalue weighted by atomic mass is 10.1. The topological polar surface area (TPSA) is 40.6 Å². The van der Waals surface area contributed by atoms with E-state index in [2.05, 4.69) is 12.1 Å². The Labute approximate surface area is 143 Å². The molecule has 2 rings (SSSR count). The molecule has 1 unspecified atom stereocenters. The fourth-order valence-corrected chi connectivity index (χ4v) is 3.44. The van der Waals surface area contributed by atoms with Crippen LogP contribution in [0.5, 0.6) is 0 Å². The Bertz CT molecular complexity index is 595. The zero-order valence-electron chi connectivity index (χ0n) is 14.6. The van der Waals surface area contributed by atoms with Crippen LogP contribution in [0.25, 0.3) is 0 Å². The Morgan fingerprint density at radius 1 is 1.39 bits per heavy atom. The van der Waals surface area contributed by atoms with Crippen LogP contribution < -0.4 is 0 Å². The van der Waals surface area contributed by atoms with Gasteiger partial charge in [-0.25, -0.2) is 0 Å². The molecule has 0 spiro atoms. The van der Waals surface area contributed by atoms with Crippen molar-refractivity contribution in [3.8, 4) is 0 Å². The molecule has 1 aromatic rings. The molecule has 0 radical (unpaired) electrons. The van der Waals surface area contributed by atoms with Gasteiger partial charge in [0.15, 0.2) is 0 Å². The van der Waals surface area contributed by atoms with Crippen LogP contribution in [0.1, 0.15) is 32.8 Å². The molecule has 1 aliphatic heterocycles. The van der Waals surface area contributed by atoms with Gasteiger partial charge in [0.25, 0.3) is 0 Å². The van der Waals surface area contributed by atoms with E-state index in [1.54, 1.807) is 16.7 Å². The first kappa shape index (κ1) is 17.9. The first-order valence-corrected chi connectivity index (χ1v) is 9.13. The molecule has 23 heavy (non-hydrogen) atoms. The van der Waals surface area contributed by atoms with Crippen LogP contribution in [0.4, 0.5) is 0 Å². The van der Waals surface area contributed by atoms with Gasteiger partial charge in [-0.05, 0) is 44.7 Å². The number of carbonyl (C=O) groups is 2. The minimum Gasteiger partial charge on any atom is -0.341 e. The molecule has 0 bridgehead atoms. The van der Waals surface area contributed by atoms with Crippen LogP contribution in [-0.2, 0) is 16.1 Å². The number of likely N-dealkylation sites (tertiary alicyclic amines) is 1. The van der Waals surface area contributed by atoms with E-state index in [1.807, 2.05) is 51.1 Å². The Hall–Kier alpha value is -1.49. The van der Waals surface area contributed by atoms with Gasteiger partial charge in [-0.1, -0.05) is 12.1 Å². The van der Waals surface area contributed by atoms with Crippen molar-refractivity contribution in [1.29, 1.82) is 0 Å². The summed E-state index contributed by atoms with van der Waals surface area (Å²) in [6.07, 6.45) is 2.37. The van der Waals surface area contributed by atoms with Crippen molar-refractivity contribution in [3.05, 3.63) is 29.8 Å². The summed E-state index contributed by atoms with van der Waals surface area (Å²) in [6.45, 7) is 7.13. The van der Waals surface area contributed by atoms with Crippen LogP contribution in [0.3, 0.4) is 0 Å². The molecule has 1 aromatic carbocycles. The maximum absolute atomic E-state index is 12.7. The van der Waals surface area contributed by atoms with Crippen molar-refractivity contribution in [1.82, 2.24) is 9.80 Å². The second-order valence-electron chi connectivity index (χ2n) is 7.12. The van der Waals surface area contributed by atoms with Gasteiger partial charge < -0.3 is 9.80 Å². The Kier molecular flexibility index (Phi) is 5.40. The van der Waals surface area contributed by atoms with E-state index in [1.165, 1.54) is 4.90 Å². The van der Waals surface area contributed by atoms with Crippen LogP contribution >= 0.6 is 11.8 Å². The van der Waals surface area contributed by atoms with Crippen molar-refractivity contribution < 1.29 is 9.59 Å². The molecule has 0 aliphatic carbocycles. The average molecular weight is 334 g/mol. The monoisotopic (exact) mass is 334 g/mol. The van der Waals surface area contributed by atoms with Gasteiger partial charge in [-0.3, -0.25) is 9.59 Å². The maximum Gasteiger partial charge on any atom is 0.228 e. The molecule has 1 saturated heterocycles. The third kappa shape index (κ3) is 4.28. The molecule has 1 heterocycles. The average Bonchev–Trinajstić information content (AvgIpc) is 2.88. The van der Waals surface area contributed by atoms with Gasteiger partial charge in [0, 0.05) is 37.0 Å². The molecule has 2 amide bonds. The number of hydrogen-bond acceptors (Lipinski definition) is 3. The van der Waals surface area contributed by atoms with Gasteiger partial charge in [0.05, 0.1) is 5.92 Å². The Morgan fingerprint density at radius 2 is 2.09 bits per heavy atom. The number of nitrogens with zero attached hydrogens (tertiary/aromatic N) is 2. The quantitative estimate of drug-likeness (QED) is 0.795. The molecule has 0 aromatic heterocycles. The zero-order chi connectivity index (χ0) is 17.2. The predicted octanol–water partition coefficient (Wildman–Crippen LogP) is 3.01. The lowest BCUT2D eigenvalue weighted by Gasteiger charge is -2.32. The normalized spacial score (nSPS) is 18.4. The minimum atomic E-state index is -0.226. The smallest absolute Gasteiger partial charge is 0.228 e. The Balaban J connectivity index is 2.01. The highest BCUT2D eigenvalue weighted by Crippen LogP contribution is 2.27. The number of thioether (sulfide) groups is 1. The standard InChI is InChI=1S/C18H26N2O2S/c1-18(2,3)20-12-14(10-16(20)21)17(22)19(4)11-13-7-6-8-15(9-13)23-5/h6-9,14H,10-12H2,1-5H3. The van der Waals surface area contributed by atoms with Crippen LogP contribution in [0.2, 0.25) is 0 Å². The SMILES string of the molecule is CSc1cccc(CN(C)C(=O)C2CC(=O)N(C(C)(C)C)C2)c1. The van der Waals surface area contributed by atoms with Gasteiger partial charge in [0.1, 0.15) is 0 Å². The summed E-state index contributed by atoms with van der Waals surface area (Å²) >= 11 is 1.69. The molecule has 4 nitrogen and oxygen atoms in total. The van der Waals surface area contributed by atoms with E-state index >= 15 is 0 Å². The van der Waals surface area contributed by atoms with Crippen LogP contribution in [0.15, 0.2) is 29.2 Å². The predicted molar refractivity (Wildman–Crippen MR) is 94.3 cm³/mol. The van der Waals surface area contributed by atoms with E-state index in [9.17, 15) is 9.59 Å². The molecular formula is C18H26N2O2S. The van der Waals surface area contributed by atoms with E-state index in [-0.39, 0.29) is 23.3 Å². The third-order valence-electron chi connectivity index (χ3n) is 4.21. The number of amides is 2. The van der Waals surface area contributed by atoms with E-state index in [4.69, 9.17) is 0 Å². The molecule has 0 saturated carbocycles. The fraction of sp³-hybridized carbons (Fsp3) is 0.556. The maximum atomic E-state index is 12.7. The number of benzene rings is 1. The summed E-state index contributed by atoms with van der Waals surface area (Å²) < 4.78 is 0. The summed E-state index contributed by atoms with van der Waals surface area (Å²) in [5.41, 5.74) is 0.891. The van der Waals surface area contributed by atoms with Gasteiger partial charge in [0.2, 0.25) is 11.8 Å². The second-order valence-corrected chi connectivity index (χ2v) is 8.00. The van der Waals surface area contributed by atoms with E-state index in [0.29, 0.717) is 19.5 Å². The van der Waals surface area contributed by atoms with Crippen molar-refractivity contribution in [2.45, 2.75) is 44.2 Å². The first-order valence-electron chi connectivity index (χ1n) is 7.90. The molecular weight excluding hydrogens is 308 g/mol. The lowest BCUT2D eigenvalue weighted by molar-refractivity contribution is -0.135. The first-order chi connectivity index (χ1) is 10.7. The van der Waals surface area contributed by atoms with Crippen molar-refractivity contribution in [2.24, 2.45) is 5.92 Å². The summed E-state index contributed by atoms with van der Waals surface area (Å²) in [4.78, 5) is 29.6. The largest absolute Gasteiger partial charge is 0.341 e. The number of hydrogen-bond donors (Lipinski definition) is 0. The minimum absolute atomic E-state index is 0.0552. The van der Waals surface area contributed by atoms with Crippen molar-refractivity contribution in [3.63, 3.8) is 0 Å². The second kappa shape index (κ2) is 6.95. The van der Waals surface area contributed by atoms with Crippen LogP contribution in [0, 0.1) is 5.92 Å². The van der Waals surface area contributed by atoms with Gasteiger partial charge in [-0.15, -0.1) is 11.8 Å². The summed E-state index contributed by atoms with van der Waals surface area (Å²) in [7, 11) is 1.82. The molecule has 1 fully saturated rings. The van der Waals surface area contributed by atoms with Crippen LogP contribution in [-0.4, -0.2) is 47.0 Å². The number of carbonyl (C=O) groups excluding carboxylic acids is 2. The highest BCUT2D eigenvalue weighted by Gasteiger charge is 2.40. The number of rotatable bonds is 4. The summed E-state index contributed by atoms with van der Waals surface area (Å²) in [6, 6.07) is 8.22. The lowest BCUT2D eigenvalue weighted by Crippen LogP contribution is -2.43. The molecule has 126 valence electrons. The summed E-state index contributed by atoms with van der Waals surface area (Å²) in [5.74, 6) is -0.0938. The highest BCUT2D eigenvalue weighted by atomic mass is 32.2. The zero-order valence-corrected chi connectivity index (χ0v) is 15.4. The van der Waals surface area contributed by atoms with Crippen molar-refractivity contribution >= 4 is 23.6 Å². The van der Waals surface area contributed by atoms with Gasteiger partial charge in [-0.2, -0.15) is 0 Å². The molecule has 1 aliphatic rings. The highest BCUT2D eigenvalue weighted by molar-refractivity contribution is 7.98. The molecule has 5 heteroatoms. The van der Waals surface area contributed by atoms with Crippen molar-refractivity contribution in [2.75, 3.05) is 19.8 Å². The fourth-order valence-electron chi connectivity index (χ4n) is 2.96. The summed E-state index contributed by atoms with van der Waals surface area (Å²) in [5, 5.41) is 0. The van der Waals surface area contributed by atoms with E-state index in [0.717, 1.165) is 5.56 Å². The van der Waals surface area contributed by atoms with Gasteiger partial charge >= 0.3 is 0 Å². The molecule has 0 N–H and O–H groups in total. The van der Waals surface area contributed by atoms with E-state index < -0.39 is 0 Å². The Morgan fingerprint density at radius 3 is 2.65 bits per heavy atom. The molecule has 1 atom stereocenters.